The Bertz CT molecular complexity index is 757. The van der Waals surface area contributed by atoms with E-state index in [4.69, 9.17) is 5.26 Å². The van der Waals surface area contributed by atoms with Crippen LogP contribution in [0.4, 0.5) is 0 Å². The number of nitriles is 1. The smallest absolute Gasteiger partial charge is 0.207 e. The van der Waals surface area contributed by atoms with Gasteiger partial charge in [0.1, 0.15) is 0 Å². The predicted molar refractivity (Wildman–Crippen MR) is 81.0 cm³/mol. The zero-order valence-corrected chi connectivity index (χ0v) is 12.8. The van der Waals surface area contributed by atoms with Gasteiger partial charge in [-0.15, -0.1) is 0 Å². The molecule has 0 saturated carbocycles. The molecule has 0 bridgehead atoms. The molecule has 4 nitrogen and oxygen atoms in total. The molecule has 0 unspecified atom stereocenters. The van der Waals surface area contributed by atoms with Gasteiger partial charge in [0, 0.05) is 13.6 Å². The first-order valence-corrected chi connectivity index (χ1v) is 7.89. The van der Waals surface area contributed by atoms with Crippen LogP contribution in [0.2, 0.25) is 0 Å². The van der Waals surface area contributed by atoms with Crippen molar-refractivity contribution in [2.75, 3.05) is 7.05 Å². The van der Waals surface area contributed by atoms with Gasteiger partial charge in [-0.3, -0.25) is 0 Å². The van der Waals surface area contributed by atoms with Crippen LogP contribution in [0.25, 0.3) is 0 Å². The van der Waals surface area contributed by atoms with E-state index in [1.54, 1.807) is 7.05 Å². The highest BCUT2D eigenvalue weighted by atomic mass is 32.2. The van der Waals surface area contributed by atoms with Crippen molar-refractivity contribution in [2.24, 2.45) is 0 Å². The van der Waals surface area contributed by atoms with E-state index in [0.717, 1.165) is 11.1 Å². The van der Waals surface area contributed by atoms with Gasteiger partial charge in [0.25, 0.3) is 0 Å². The Hall–Kier alpha value is -2.16. The molecule has 21 heavy (non-hydrogen) atoms. The van der Waals surface area contributed by atoms with E-state index in [1.165, 1.54) is 28.6 Å². The monoisotopic (exact) mass is 300 g/mol. The SMILES string of the molecule is Cc1ccc(CN(C)S(=O)(=O)c2ccc(C#N)cc2)cc1. The van der Waals surface area contributed by atoms with Crippen LogP contribution in [0.3, 0.4) is 0 Å². The lowest BCUT2D eigenvalue weighted by Gasteiger charge is -2.17. The first-order chi connectivity index (χ1) is 9.93. The molecule has 0 saturated heterocycles. The topological polar surface area (TPSA) is 61.2 Å². The number of benzene rings is 2. The summed E-state index contributed by atoms with van der Waals surface area (Å²) in [5.74, 6) is 0. The summed E-state index contributed by atoms with van der Waals surface area (Å²) in [6.45, 7) is 2.30. The molecule has 0 aromatic heterocycles. The molecule has 108 valence electrons. The summed E-state index contributed by atoms with van der Waals surface area (Å²) in [5, 5.41) is 8.75. The van der Waals surface area contributed by atoms with E-state index in [0.29, 0.717) is 12.1 Å². The normalized spacial score (nSPS) is 11.3. The minimum Gasteiger partial charge on any atom is -0.207 e. The molecule has 2 aromatic rings. The maximum absolute atomic E-state index is 12.4. The molecule has 0 amide bonds. The van der Waals surface area contributed by atoms with E-state index < -0.39 is 10.0 Å². The van der Waals surface area contributed by atoms with E-state index in [9.17, 15) is 8.42 Å². The Morgan fingerprint density at radius 2 is 1.62 bits per heavy atom. The van der Waals surface area contributed by atoms with Crippen molar-refractivity contribution in [1.29, 1.82) is 5.26 Å². The van der Waals surface area contributed by atoms with Crippen LogP contribution < -0.4 is 0 Å². The van der Waals surface area contributed by atoms with Gasteiger partial charge in [-0.05, 0) is 36.8 Å². The molecule has 0 radical (unpaired) electrons. The average Bonchev–Trinajstić information content (AvgIpc) is 2.49. The first-order valence-electron chi connectivity index (χ1n) is 6.45. The van der Waals surface area contributed by atoms with Gasteiger partial charge in [-0.25, -0.2) is 8.42 Å². The lowest BCUT2D eigenvalue weighted by atomic mass is 10.1. The third-order valence-electron chi connectivity index (χ3n) is 3.22. The lowest BCUT2D eigenvalue weighted by molar-refractivity contribution is 0.466. The number of aryl methyl sites for hydroxylation is 1. The van der Waals surface area contributed by atoms with E-state index in [1.807, 2.05) is 37.3 Å². The maximum atomic E-state index is 12.4. The number of sulfonamides is 1. The first kappa shape index (κ1) is 15.2. The fourth-order valence-corrected chi connectivity index (χ4v) is 3.08. The largest absolute Gasteiger partial charge is 0.243 e. The summed E-state index contributed by atoms with van der Waals surface area (Å²) in [6, 6.07) is 15.6. The quantitative estimate of drug-likeness (QED) is 0.872. The molecular weight excluding hydrogens is 284 g/mol. The standard InChI is InChI=1S/C16H16N2O2S/c1-13-3-5-15(6-4-13)12-18(2)21(19,20)16-9-7-14(11-17)8-10-16/h3-10H,12H2,1-2H3. The summed E-state index contributed by atoms with van der Waals surface area (Å²) in [4.78, 5) is 0.191. The summed E-state index contributed by atoms with van der Waals surface area (Å²) in [7, 11) is -2.00. The van der Waals surface area contributed by atoms with Crippen LogP contribution in [0.5, 0.6) is 0 Å². The highest BCUT2D eigenvalue weighted by molar-refractivity contribution is 7.89. The van der Waals surface area contributed by atoms with Crippen LogP contribution in [0, 0.1) is 18.3 Å². The second-order valence-electron chi connectivity index (χ2n) is 4.88. The van der Waals surface area contributed by atoms with E-state index >= 15 is 0 Å². The number of nitrogens with zero attached hydrogens (tertiary/aromatic N) is 2. The molecule has 0 fully saturated rings. The number of rotatable bonds is 4. The average molecular weight is 300 g/mol. The third kappa shape index (κ3) is 3.48. The highest BCUT2D eigenvalue weighted by Crippen LogP contribution is 2.17. The Morgan fingerprint density at radius 1 is 1.05 bits per heavy atom. The molecular formula is C16H16N2O2S. The number of hydrogen-bond acceptors (Lipinski definition) is 3. The van der Waals surface area contributed by atoms with Crippen LogP contribution in [0.1, 0.15) is 16.7 Å². The van der Waals surface area contributed by atoms with Crippen molar-refractivity contribution in [3.8, 4) is 6.07 Å². The van der Waals surface area contributed by atoms with Crippen LogP contribution in [-0.2, 0) is 16.6 Å². The van der Waals surface area contributed by atoms with Crippen molar-refractivity contribution in [2.45, 2.75) is 18.4 Å². The molecule has 0 aliphatic heterocycles. The van der Waals surface area contributed by atoms with Gasteiger partial charge in [-0.2, -0.15) is 9.57 Å². The third-order valence-corrected chi connectivity index (χ3v) is 5.04. The van der Waals surface area contributed by atoms with Crippen molar-refractivity contribution < 1.29 is 8.42 Å². The summed E-state index contributed by atoms with van der Waals surface area (Å²) < 4.78 is 26.2. The van der Waals surface area contributed by atoms with Crippen molar-refractivity contribution >= 4 is 10.0 Å². The molecule has 2 rings (SSSR count). The Morgan fingerprint density at radius 3 is 2.14 bits per heavy atom. The van der Waals surface area contributed by atoms with Gasteiger partial charge in [0.15, 0.2) is 0 Å². The van der Waals surface area contributed by atoms with Gasteiger partial charge in [0.05, 0.1) is 16.5 Å². The lowest BCUT2D eigenvalue weighted by Crippen LogP contribution is -2.26. The summed E-state index contributed by atoms with van der Waals surface area (Å²) >= 11 is 0. The highest BCUT2D eigenvalue weighted by Gasteiger charge is 2.20. The fraction of sp³-hybridized carbons (Fsp3) is 0.188. The van der Waals surface area contributed by atoms with Crippen molar-refractivity contribution in [1.82, 2.24) is 4.31 Å². The van der Waals surface area contributed by atoms with Gasteiger partial charge < -0.3 is 0 Å². The maximum Gasteiger partial charge on any atom is 0.243 e. The Kier molecular flexibility index (Phi) is 4.41. The summed E-state index contributed by atoms with van der Waals surface area (Å²) in [6.07, 6.45) is 0. The van der Waals surface area contributed by atoms with Crippen LogP contribution >= 0.6 is 0 Å². The molecule has 0 aliphatic rings. The molecule has 5 heteroatoms. The zero-order valence-electron chi connectivity index (χ0n) is 11.9. The van der Waals surface area contributed by atoms with Gasteiger partial charge in [-0.1, -0.05) is 29.8 Å². The summed E-state index contributed by atoms with van der Waals surface area (Å²) in [5.41, 5.74) is 2.51. The van der Waals surface area contributed by atoms with Crippen molar-refractivity contribution in [3.05, 3.63) is 65.2 Å². The molecule has 0 spiro atoms. The minimum atomic E-state index is -3.55. The van der Waals surface area contributed by atoms with E-state index in [-0.39, 0.29) is 4.90 Å². The van der Waals surface area contributed by atoms with E-state index in [2.05, 4.69) is 0 Å². The number of hydrogen-bond donors (Lipinski definition) is 0. The second kappa shape index (κ2) is 6.08. The predicted octanol–water partition coefficient (Wildman–Crippen LogP) is 2.69. The molecule has 0 heterocycles. The zero-order chi connectivity index (χ0) is 15.5. The fourth-order valence-electron chi connectivity index (χ4n) is 1.92. The Balaban J connectivity index is 2.21. The van der Waals surface area contributed by atoms with Crippen LogP contribution in [-0.4, -0.2) is 19.8 Å². The Labute approximate surface area is 125 Å². The molecule has 0 aliphatic carbocycles. The van der Waals surface area contributed by atoms with Gasteiger partial charge >= 0.3 is 0 Å². The minimum absolute atomic E-state index is 0.191. The molecule has 0 N–H and O–H groups in total. The molecule has 0 atom stereocenters. The van der Waals surface area contributed by atoms with Gasteiger partial charge in [0.2, 0.25) is 10.0 Å². The van der Waals surface area contributed by atoms with Crippen LogP contribution in [0.15, 0.2) is 53.4 Å². The second-order valence-corrected chi connectivity index (χ2v) is 6.93. The molecule has 2 aromatic carbocycles. The van der Waals surface area contributed by atoms with Crippen molar-refractivity contribution in [3.63, 3.8) is 0 Å².